The summed E-state index contributed by atoms with van der Waals surface area (Å²) in [5, 5.41) is 7.18. The molecule has 1 saturated heterocycles. The number of para-hydroxylation sites is 1. The number of anilines is 1. The first-order chi connectivity index (χ1) is 11.4. The molecule has 0 radical (unpaired) electrons. The normalized spacial score (nSPS) is 20.5. The van der Waals surface area contributed by atoms with Gasteiger partial charge in [0, 0.05) is 26.6 Å². The van der Waals surface area contributed by atoms with E-state index in [1.165, 1.54) is 27.8 Å². The highest BCUT2D eigenvalue weighted by Gasteiger charge is 2.45. The van der Waals surface area contributed by atoms with Crippen LogP contribution in [0.25, 0.3) is 0 Å². The zero-order valence-electron chi connectivity index (χ0n) is 13.2. The Morgan fingerprint density at radius 3 is 2.71 bits per heavy atom. The molecule has 0 aliphatic carbocycles. The molecule has 1 fully saturated rings. The molecular weight excluding hydrogens is 335 g/mol. The van der Waals surface area contributed by atoms with Gasteiger partial charge in [0.05, 0.1) is 11.4 Å². The van der Waals surface area contributed by atoms with Crippen molar-refractivity contribution in [2.24, 2.45) is 13.0 Å². The Balaban J connectivity index is 1.89. The number of nitrogens with one attached hydrogen (secondary N) is 1. The SMILES string of the molecule is CN1C[C@H](c2cc(Cl)n(C)n2)[C@@H](C(=O)Nc2ccccc2F)C1=O. The van der Waals surface area contributed by atoms with E-state index in [9.17, 15) is 14.0 Å². The van der Waals surface area contributed by atoms with Crippen LogP contribution >= 0.6 is 11.6 Å². The van der Waals surface area contributed by atoms with Gasteiger partial charge in [-0.15, -0.1) is 0 Å². The average Bonchev–Trinajstić information content (AvgIpc) is 3.02. The maximum absolute atomic E-state index is 13.7. The van der Waals surface area contributed by atoms with E-state index in [-0.39, 0.29) is 11.6 Å². The number of carbonyl (C=O) groups excluding carboxylic acids is 2. The Bertz CT molecular complexity index is 788. The van der Waals surface area contributed by atoms with Crippen LogP contribution in [0.5, 0.6) is 0 Å². The molecule has 1 aliphatic rings. The maximum Gasteiger partial charge on any atom is 0.237 e. The van der Waals surface area contributed by atoms with Gasteiger partial charge in [0.15, 0.2) is 0 Å². The quantitative estimate of drug-likeness (QED) is 0.861. The van der Waals surface area contributed by atoms with Crippen molar-refractivity contribution in [2.75, 3.05) is 18.9 Å². The zero-order chi connectivity index (χ0) is 17.4. The van der Waals surface area contributed by atoms with Gasteiger partial charge in [0.2, 0.25) is 11.8 Å². The summed E-state index contributed by atoms with van der Waals surface area (Å²) >= 11 is 6.01. The lowest BCUT2D eigenvalue weighted by Gasteiger charge is -2.15. The summed E-state index contributed by atoms with van der Waals surface area (Å²) in [6, 6.07) is 7.47. The molecule has 1 aromatic heterocycles. The average molecular weight is 351 g/mol. The number of nitrogens with zero attached hydrogens (tertiary/aromatic N) is 3. The number of amides is 2. The smallest absolute Gasteiger partial charge is 0.237 e. The molecule has 0 spiro atoms. The molecule has 24 heavy (non-hydrogen) atoms. The molecular formula is C16H16ClFN4O2. The summed E-state index contributed by atoms with van der Waals surface area (Å²) in [7, 11) is 3.30. The van der Waals surface area contributed by atoms with Crippen LogP contribution in [0.15, 0.2) is 30.3 Å². The highest BCUT2D eigenvalue weighted by Crippen LogP contribution is 2.34. The minimum atomic E-state index is -0.972. The summed E-state index contributed by atoms with van der Waals surface area (Å²) in [5.74, 6) is -2.84. The third-order valence-corrected chi connectivity index (χ3v) is 4.50. The van der Waals surface area contributed by atoms with Crippen molar-refractivity contribution in [3.8, 4) is 0 Å². The van der Waals surface area contributed by atoms with E-state index >= 15 is 0 Å². The zero-order valence-corrected chi connectivity index (χ0v) is 13.9. The van der Waals surface area contributed by atoms with Gasteiger partial charge < -0.3 is 10.2 Å². The molecule has 2 amide bonds. The minimum Gasteiger partial charge on any atom is -0.344 e. The molecule has 1 aromatic carbocycles. The third-order valence-electron chi connectivity index (χ3n) is 4.15. The van der Waals surface area contributed by atoms with E-state index < -0.39 is 23.6 Å². The van der Waals surface area contributed by atoms with Gasteiger partial charge in [-0.25, -0.2) is 4.39 Å². The minimum absolute atomic E-state index is 0.0441. The van der Waals surface area contributed by atoms with E-state index in [0.29, 0.717) is 17.4 Å². The fourth-order valence-corrected chi connectivity index (χ4v) is 3.03. The Labute approximate surface area is 143 Å². The van der Waals surface area contributed by atoms with Gasteiger partial charge in [-0.1, -0.05) is 23.7 Å². The Morgan fingerprint density at radius 2 is 2.08 bits per heavy atom. The number of hydrogen-bond acceptors (Lipinski definition) is 3. The monoisotopic (exact) mass is 350 g/mol. The number of halogens is 2. The lowest BCUT2D eigenvalue weighted by molar-refractivity contribution is -0.135. The fraction of sp³-hybridized carbons (Fsp3) is 0.312. The first-order valence-electron chi connectivity index (χ1n) is 7.38. The first kappa shape index (κ1) is 16.4. The molecule has 2 atom stereocenters. The Kier molecular flexibility index (Phi) is 4.28. The molecule has 0 unspecified atom stereocenters. The van der Waals surface area contributed by atoms with Gasteiger partial charge >= 0.3 is 0 Å². The van der Waals surface area contributed by atoms with Crippen LogP contribution in [0.2, 0.25) is 5.15 Å². The van der Waals surface area contributed by atoms with E-state index in [0.717, 1.165) is 0 Å². The fourth-order valence-electron chi connectivity index (χ4n) is 2.88. The second-order valence-corrected chi connectivity index (χ2v) is 6.17. The van der Waals surface area contributed by atoms with E-state index in [2.05, 4.69) is 10.4 Å². The van der Waals surface area contributed by atoms with Crippen molar-refractivity contribution in [2.45, 2.75) is 5.92 Å². The van der Waals surface area contributed by atoms with Gasteiger partial charge in [-0.3, -0.25) is 14.3 Å². The van der Waals surface area contributed by atoms with Crippen molar-refractivity contribution in [1.29, 1.82) is 0 Å². The van der Waals surface area contributed by atoms with Gasteiger partial charge in [0.1, 0.15) is 16.9 Å². The van der Waals surface area contributed by atoms with Gasteiger partial charge in [-0.05, 0) is 18.2 Å². The Morgan fingerprint density at radius 1 is 1.38 bits per heavy atom. The van der Waals surface area contributed by atoms with Crippen LogP contribution in [0, 0.1) is 11.7 Å². The molecule has 126 valence electrons. The van der Waals surface area contributed by atoms with E-state index in [1.807, 2.05) is 0 Å². The molecule has 2 aromatic rings. The summed E-state index contributed by atoms with van der Waals surface area (Å²) in [6.07, 6.45) is 0. The predicted molar refractivity (Wildman–Crippen MR) is 87.1 cm³/mol. The lowest BCUT2D eigenvalue weighted by Crippen LogP contribution is -2.33. The number of carbonyl (C=O) groups is 2. The van der Waals surface area contributed by atoms with E-state index in [4.69, 9.17) is 11.6 Å². The topological polar surface area (TPSA) is 67.2 Å². The van der Waals surface area contributed by atoms with Crippen molar-refractivity contribution in [3.05, 3.63) is 47.0 Å². The number of aryl methyl sites for hydroxylation is 1. The molecule has 1 N–H and O–H groups in total. The maximum atomic E-state index is 13.7. The summed E-state index contributed by atoms with van der Waals surface area (Å²) in [4.78, 5) is 26.5. The number of rotatable bonds is 3. The molecule has 3 rings (SSSR count). The van der Waals surface area contributed by atoms with Crippen molar-refractivity contribution >= 4 is 29.1 Å². The van der Waals surface area contributed by atoms with Crippen LogP contribution in [-0.4, -0.2) is 40.1 Å². The highest BCUT2D eigenvalue weighted by atomic mass is 35.5. The van der Waals surface area contributed by atoms with Crippen LogP contribution in [0.1, 0.15) is 11.6 Å². The van der Waals surface area contributed by atoms with Crippen molar-refractivity contribution < 1.29 is 14.0 Å². The van der Waals surface area contributed by atoms with Crippen molar-refractivity contribution in [1.82, 2.24) is 14.7 Å². The Hall–Kier alpha value is -2.41. The molecule has 0 bridgehead atoms. The lowest BCUT2D eigenvalue weighted by atomic mass is 9.91. The molecule has 8 heteroatoms. The summed E-state index contributed by atoms with van der Waals surface area (Å²) < 4.78 is 15.2. The second kappa shape index (κ2) is 6.24. The van der Waals surface area contributed by atoms with Gasteiger partial charge in [0.25, 0.3) is 0 Å². The first-order valence-corrected chi connectivity index (χ1v) is 7.76. The van der Waals surface area contributed by atoms with Crippen LogP contribution < -0.4 is 5.32 Å². The number of hydrogen-bond donors (Lipinski definition) is 1. The number of aromatic nitrogens is 2. The van der Waals surface area contributed by atoms with E-state index in [1.54, 1.807) is 26.2 Å². The second-order valence-electron chi connectivity index (χ2n) is 5.79. The largest absolute Gasteiger partial charge is 0.344 e. The van der Waals surface area contributed by atoms with Crippen LogP contribution in [0.4, 0.5) is 10.1 Å². The summed E-state index contributed by atoms with van der Waals surface area (Å²) in [6.45, 7) is 0.349. The molecule has 2 heterocycles. The van der Waals surface area contributed by atoms with Gasteiger partial charge in [-0.2, -0.15) is 5.10 Å². The number of benzene rings is 1. The highest BCUT2D eigenvalue weighted by molar-refractivity contribution is 6.29. The van der Waals surface area contributed by atoms with Crippen molar-refractivity contribution in [3.63, 3.8) is 0 Å². The van der Waals surface area contributed by atoms with Crippen LogP contribution in [0.3, 0.4) is 0 Å². The number of likely N-dealkylation sites (N-methyl/N-ethyl adjacent to an activating group) is 1. The molecule has 6 nitrogen and oxygen atoms in total. The van der Waals surface area contributed by atoms with Crippen LogP contribution in [-0.2, 0) is 16.6 Å². The third kappa shape index (κ3) is 2.87. The predicted octanol–water partition coefficient (Wildman–Crippen LogP) is 2.02. The molecule has 0 saturated carbocycles. The summed E-state index contributed by atoms with van der Waals surface area (Å²) in [5.41, 5.74) is 0.608. The molecule has 1 aliphatic heterocycles. The number of likely N-dealkylation sites (tertiary alicyclic amines) is 1. The standard InChI is InChI=1S/C16H16ClFN4O2/c1-21-8-9(12-7-13(17)22(2)20-12)14(16(21)24)15(23)19-11-6-4-3-5-10(11)18/h3-7,9,14H,8H2,1-2H3,(H,19,23)/t9-,14+/m1/s1.